The van der Waals surface area contributed by atoms with E-state index >= 15 is 0 Å². The Morgan fingerprint density at radius 3 is 3.12 bits per heavy atom. The number of rotatable bonds is 4. The fraction of sp³-hybridized carbons (Fsp3) is 0.455. The van der Waals surface area contributed by atoms with Crippen LogP contribution < -0.4 is 0 Å². The Kier molecular flexibility index (Phi) is 4.72. The number of allylic oxidation sites excluding steroid dienone is 1. The number of cyclic esters (lactones) is 1. The van der Waals surface area contributed by atoms with Gasteiger partial charge in [-0.15, -0.1) is 0 Å². The molecule has 0 bridgehead atoms. The van der Waals surface area contributed by atoms with Gasteiger partial charge in [0.15, 0.2) is 0 Å². The molecule has 0 saturated carbocycles. The van der Waals surface area contributed by atoms with E-state index in [0.29, 0.717) is 12.8 Å². The van der Waals surface area contributed by atoms with Crippen LogP contribution in [0.1, 0.15) is 12.8 Å². The van der Waals surface area contributed by atoms with Crippen molar-refractivity contribution in [3.05, 3.63) is 24.3 Å². The zero-order valence-electron chi connectivity index (χ0n) is 8.96. The third kappa shape index (κ3) is 3.86. The Labute approximate surface area is 93.3 Å². The Morgan fingerprint density at radius 1 is 1.69 bits per heavy atom. The maximum Gasteiger partial charge on any atom is 0.330 e. The molecule has 0 spiro atoms. The summed E-state index contributed by atoms with van der Waals surface area (Å²) in [4.78, 5) is 21.6. The van der Waals surface area contributed by atoms with Gasteiger partial charge in [-0.2, -0.15) is 0 Å². The molecule has 1 heterocycles. The van der Waals surface area contributed by atoms with Gasteiger partial charge >= 0.3 is 11.9 Å². The van der Waals surface area contributed by atoms with Crippen molar-refractivity contribution >= 4 is 11.9 Å². The lowest BCUT2D eigenvalue weighted by atomic mass is 10.1. The van der Waals surface area contributed by atoms with Crippen molar-refractivity contribution in [2.45, 2.75) is 25.0 Å². The summed E-state index contributed by atoms with van der Waals surface area (Å²) in [6, 6.07) is 0. The lowest BCUT2D eigenvalue weighted by Gasteiger charge is -2.22. The van der Waals surface area contributed by atoms with E-state index in [0.717, 1.165) is 0 Å². The molecule has 5 nitrogen and oxygen atoms in total. The smallest absolute Gasteiger partial charge is 0.330 e. The van der Waals surface area contributed by atoms with Crippen molar-refractivity contribution < 1.29 is 24.2 Å². The molecule has 0 aromatic carbocycles. The van der Waals surface area contributed by atoms with Crippen molar-refractivity contribution in [1.82, 2.24) is 0 Å². The molecule has 0 aromatic rings. The van der Waals surface area contributed by atoms with E-state index < -0.39 is 24.1 Å². The molecule has 0 aliphatic carbocycles. The first kappa shape index (κ1) is 12.4. The quantitative estimate of drug-likeness (QED) is 0.552. The molecule has 0 fully saturated rings. The van der Waals surface area contributed by atoms with Gasteiger partial charge in [-0.1, -0.05) is 6.08 Å². The first-order chi connectivity index (χ1) is 7.63. The van der Waals surface area contributed by atoms with Crippen LogP contribution in [-0.2, 0) is 19.1 Å². The highest BCUT2D eigenvalue weighted by Crippen LogP contribution is 2.14. The highest BCUT2D eigenvalue weighted by atomic mass is 16.6. The standard InChI is InChI=1S/C11H14O5/c1-15-10(13)5-3-2-4-9-8(12)6-7-11(14)16-9/h3,5-9,12H,2,4H2,1H3/b5-3+/t8-,9+/m1/s1. The Hall–Kier alpha value is -1.62. The largest absolute Gasteiger partial charge is 0.466 e. The minimum atomic E-state index is -0.774. The molecule has 16 heavy (non-hydrogen) atoms. The predicted molar refractivity (Wildman–Crippen MR) is 55.4 cm³/mol. The van der Waals surface area contributed by atoms with Crippen LogP contribution in [-0.4, -0.2) is 36.4 Å². The van der Waals surface area contributed by atoms with Crippen LogP contribution in [0.5, 0.6) is 0 Å². The van der Waals surface area contributed by atoms with Gasteiger partial charge < -0.3 is 14.6 Å². The molecule has 0 saturated heterocycles. The summed E-state index contributed by atoms with van der Waals surface area (Å²) in [5.41, 5.74) is 0. The summed E-state index contributed by atoms with van der Waals surface area (Å²) in [6.45, 7) is 0. The Balaban J connectivity index is 2.33. The minimum Gasteiger partial charge on any atom is -0.466 e. The molecule has 1 rings (SSSR count). The fourth-order valence-electron chi connectivity index (χ4n) is 1.30. The monoisotopic (exact) mass is 226 g/mol. The van der Waals surface area contributed by atoms with Crippen LogP contribution in [0, 0.1) is 0 Å². The van der Waals surface area contributed by atoms with Gasteiger partial charge in [0, 0.05) is 12.2 Å². The number of aliphatic hydroxyl groups excluding tert-OH is 1. The maximum atomic E-state index is 10.9. The number of ether oxygens (including phenoxy) is 2. The van der Waals surface area contributed by atoms with E-state index in [4.69, 9.17) is 4.74 Å². The number of aliphatic hydroxyl groups is 1. The zero-order chi connectivity index (χ0) is 12.0. The molecule has 0 unspecified atom stereocenters. The van der Waals surface area contributed by atoms with E-state index in [1.54, 1.807) is 6.08 Å². The fourth-order valence-corrected chi connectivity index (χ4v) is 1.30. The number of carbonyl (C=O) groups is 2. The molecule has 2 atom stereocenters. The second-order valence-electron chi connectivity index (χ2n) is 3.33. The van der Waals surface area contributed by atoms with Crippen LogP contribution in [0.4, 0.5) is 0 Å². The Morgan fingerprint density at radius 2 is 2.44 bits per heavy atom. The number of esters is 2. The Bertz CT molecular complexity index is 318. The topological polar surface area (TPSA) is 72.8 Å². The van der Waals surface area contributed by atoms with E-state index in [-0.39, 0.29) is 0 Å². The van der Waals surface area contributed by atoms with Gasteiger partial charge in [-0.05, 0) is 18.9 Å². The summed E-state index contributed by atoms with van der Waals surface area (Å²) < 4.78 is 9.31. The van der Waals surface area contributed by atoms with Gasteiger partial charge in [-0.3, -0.25) is 0 Å². The average molecular weight is 226 g/mol. The summed E-state index contributed by atoms with van der Waals surface area (Å²) in [6.07, 6.45) is 5.19. The highest BCUT2D eigenvalue weighted by Gasteiger charge is 2.23. The van der Waals surface area contributed by atoms with Crippen molar-refractivity contribution in [2.75, 3.05) is 7.11 Å². The third-order valence-corrected chi connectivity index (χ3v) is 2.15. The van der Waals surface area contributed by atoms with Crippen molar-refractivity contribution in [1.29, 1.82) is 0 Å². The normalized spacial score (nSPS) is 24.5. The molecular weight excluding hydrogens is 212 g/mol. The maximum absolute atomic E-state index is 10.9. The van der Waals surface area contributed by atoms with Crippen LogP contribution >= 0.6 is 0 Å². The second kappa shape index (κ2) is 6.07. The summed E-state index contributed by atoms with van der Waals surface area (Å²) in [5, 5.41) is 9.46. The van der Waals surface area contributed by atoms with E-state index in [1.807, 2.05) is 0 Å². The number of carbonyl (C=O) groups excluding carboxylic acids is 2. The first-order valence-corrected chi connectivity index (χ1v) is 4.95. The summed E-state index contributed by atoms with van der Waals surface area (Å²) >= 11 is 0. The molecule has 0 amide bonds. The van der Waals surface area contributed by atoms with Crippen molar-refractivity contribution in [2.24, 2.45) is 0 Å². The SMILES string of the molecule is COC(=O)/C=C/CC[C@@H]1OC(=O)C=C[C@H]1O. The molecule has 1 N–H and O–H groups in total. The van der Waals surface area contributed by atoms with Gasteiger partial charge in [-0.25, -0.2) is 9.59 Å². The molecule has 5 heteroatoms. The first-order valence-electron chi connectivity index (χ1n) is 4.95. The van der Waals surface area contributed by atoms with Gasteiger partial charge in [0.25, 0.3) is 0 Å². The molecule has 0 radical (unpaired) electrons. The molecule has 1 aliphatic rings. The van der Waals surface area contributed by atoms with E-state index in [1.165, 1.54) is 25.3 Å². The highest BCUT2D eigenvalue weighted by molar-refractivity contribution is 5.83. The van der Waals surface area contributed by atoms with Gasteiger partial charge in [0.1, 0.15) is 12.2 Å². The number of hydrogen-bond donors (Lipinski definition) is 1. The number of methoxy groups -OCH3 is 1. The molecule has 88 valence electrons. The average Bonchev–Trinajstić information content (AvgIpc) is 2.28. The number of hydrogen-bond acceptors (Lipinski definition) is 5. The molecule has 0 aromatic heterocycles. The lowest BCUT2D eigenvalue weighted by molar-refractivity contribution is -0.149. The van der Waals surface area contributed by atoms with Crippen molar-refractivity contribution in [3.8, 4) is 0 Å². The van der Waals surface area contributed by atoms with Crippen LogP contribution in [0.2, 0.25) is 0 Å². The van der Waals surface area contributed by atoms with Crippen LogP contribution in [0.3, 0.4) is 0 Å². The van der Waals surface area contributed by atoms with Crippen LogP contribution in [0.15, 0.2) is 24.3 Å². The molecule has 1 aliphatic heterocycles. The van der Waals surface area contributed by atoms with E-state index in [2.05, 4.69) is 4.74 Å². The molecular formula is C11H14O5. The summed E-state index contributed by atoms with van der Waals surface area (Å²) in [5.74, 6) is -0.881. The third-order valence-electron chi connectivity index (χ3n) is 2.15. The lowest BCUT2D eigenvalue weighted by Crippen LogP contribution is -2.32. The van der Waals surface area contributed by atoms with Crippen molar-refractivity contribution in [3.63, 3.8) is 0 Å². The second-order valence-corrected chi connectivity index (χ2v) is 3.33. The van der Waals surface area contributed by atoms with Crippen LogP contribution in [0.25, 0.3) is 0 Å². The predicted octanol–water partition coefficient (Wildman–Crippen LogP) is 0.338. The van der Waals surface area contributed by atoms with Gasteiger partial charge in [0.2, 0.25) is 0 Å². The van der Waals surface area contributed by atoms with E-state index in [9.17, 15) is 14.7 Å². The zero-order valence-corrected chi connectivity index (χ0v) is 8.96. The minimum absolute atomic E-state index is 0.430. The van der Waals surface area contributed by atoms with Gasteiger partial charge in [0.05, 0.1) is 7.11 Å². The summed E-state index contributed by atoms with van der Waals surface area (Å²) in [7, 11) is 1.30.